The van der Waals surface area contributed by atoms with E-state index in [1.165, 1.54) is 76.4 Å². The van der Waals surface area contributed by atoms with Gasteiger partial charge in [0.15, 0.2) is 0 Å². The summed E-state index contributed by atoms with van der Waals surface area (Å²) in [6, 6.07) is 0. The smallest absolute Gasteiger partial charge is 0.414 e. The van der Waals surface area contributed by atoms with Gasteiger partial charge in [0.25, 0.3) is 0 Å². The van der Waals surface area contributed by atoms with E-state index in [2.05, 4.69) is 41.4 Å². The van der Waals surface area contributed by atoms with E-state index < -0.39 is 11.9 Å². The molecular formula is C21H38N2O4S. The number of carboxylic acids is 2. The first-order chi connectivity index (χ1) is 13.5. The first-order valence-electron chi connectivity index (χ1n) is 10.5. The minimum atomic E-state index is -1.82. The summed E-state index contributed by atoms with van der Waals surface area (Å²) in [4.78, 5) is 22.4. The second-order valence-corrected chi connectivity index (χ2v) is 8.39. The van der Waals surface area contributed by atoms with Gasteiger partial charge in [-0.15, -0.1) is 0 Å². The fraction of sp³-hybridized carbons (Fsp3) is 0.762. The normalized spacial score (nSPS) is 11.5. The third kappa shape index (κ3) is 16.7. The molecule has 2 N–H and O–H groups in total. The Morgan fingerprint density at radius 3 is 2.04 bits per heavy atom. The molecule has 0 amide bonds. The molecule has 0 saturated heterocycles. The number of unbranched alkanes of at least 4 members (excludes halogenated alkanes) is 8. The molecule has 1 heterocycles. The maximum absolute atomic E-state index is 9.10. The average molecular weight is 415 g/mol. The summed E-state index contributed by atoms with van der Waals surface area (Å²) >= 11 is 2.19. The molecule has 1 unspecified atom stereocenters. The van der Waals surface area contributed by atoms with E-state index in [1.54, 1.807) is 0 Å². The molecule has 6 nitrogen and oxygen atoms in total. The lowest BCUT2D eigenvalue weighted by atomic mass is 10.1. The van der Waals surface area contributed by atoms with Gasteiger partial charge in [-0.25, -0.2) is 14.6 Å². The Balaban J connectivity index is 0.00000105. The molecule has 1 aromatic rings. The molecule has 1 rings (SSSR count). The van der Waals surface area contributed by atoms with Gasteiger partial charge in [0.2, 0.25) is 0 Å². The van der Waals surface area contributed by atoms with Crippen LogP contribution in [0.4, 0.5) is 0 Å². The van der Waals surface area contributed by atoms with Crippen molar-refractivity contribution in [1.82, 2.24) is 9.55 Å². The molecule has 0 aromatic carbocycles. The van der Waals surface area contributed by atoms with E-state index in [1.807, 2.05) is 12.5 Å². The van der Waals surface area contributed by atoms with Crippen LogP contribution in [-0.2, 0) is 16.1 Å². The van der Waals surface area contributed by atoms with Crippen LogP contribution in [0.5, 0.6) is 0 Å². The number of aliphatic carboxylic acids is 2. The Hall–Kier alpha value is -1.50. The van der Waals surface area contributed by atoms with Crippen molar-refractivity contribution in [3.63, 3.8) is 0 Å². The quantitative estimate of drug-likeness (QED) is 0.292. The zero-order valence-corrected chi connectivity index (χ0v) is 18.3. The lowest BCUT2D eigenvalue weighted by Gasteiger charge is -2.17. The molecule has 1 aromatic heterocycles. The van der Waals surface area contributed by atoms with Crippen molar-refractivity contribution in [2.75, 3.05) is 5.75 Å². The van der Waals surface area contributed by atoms with Crippen molar-refractivity contribution >= 4 is 23.7 Å². The number of hydrogen-bond acceptors (Lipinski definition) is 4. The molecule has 28 heavy (non-hydrogen) atoms. The van der Waals surface area contributed by atoms with Crippen molar-refractivity contribution in [2.24, 2.45) is 0 Å². The molecule has 0 spiro atoms. The summed E-state index contributed by atoms with van der Waals surface area (Å²) in [5.41, 5.74) is 0. The van der Waals surface area contributed by atoms with Crippen LogP contribution in [-0.4, -0.2) is 42.7 Å². The Bertz CT molecular complexity index is 483. The van der Waals surface area contributed by atoms with E-state index in [0.717, 1.165) is 11.8 Å². The third-order valence-corrected chi connectivity index (χ3v) is 5.77. The second kappa shape index (κ2) is 18.8. The molecule has 0 saturated carbocycles. The monoisotopic (exact) mass is 414 g/mol. The van der Waals surface area contributed by atoms with Crippen LogP contribution in [0, 0.1) is 0 Å². The van der Waals surface area contributed by atoms with Crippen molar-refractivity contribution in [2.45, 2.75) is 96.3 Å². The summed E-state index contributed by atoms with van der Waals surface area (Å²) in [5, 5.41) is 15.5. The van der Waals surface area contributed by atoms with Gasteiger partial charge in [-0.1, -0.05) is 71.6 Å². The highest BCUT2D eigenvalue weighted by Crippen LogP contribution is 2.22. The Morgan fingerprint density at radius 2 is 1.50 bits per heavy atom. The fourth-order valence-corrected chi connectivity index (χ4v) is 4.10. The Kier molecular flexibility index (Phi) is 17.8. The Morgan fingerprint density at radius 1 is 0.929 bits per heavy atom. The summed E-state index contributed by atoms with van der Waals surface area (Å²) in [7, 11) is 0. The van der Waals surface area contributed by atoms with E-state index >= 15 is 0 Å². The van der Waals surface area contributed by atoms with Gasteiger partial charge in [0.05, 0.1) is 6.33 Å². The SMILES string of the molecule is CCCCCCCCSC(CCCCCC)Cn1ccnc1.O=C(O)C(=O)O. The van der Waals surface area contributed by atoms with Crippen molar-refractivity contribution in [3.05, 3.63) is 18.7 Å². The molecule has 0 aliphatic rings. The zero-order chi connectivity index (χ0) is 21.0. The van der Waals surface area contributed by atoms with Crippen LogP contribution in [0.25, 0.3) is 0 Å². The van der Waals surface area contributed by atoms with Gasteiger partial charge in [-0.3, -0.25) is 0 Å². The molecule has 162 valence electrons. The number of imidazole rings is 1. The summed E-state index contributed by atoms with van der Waals surface area (Å²) in [5.74, 6) is -2.32. The van der Waals surface area contributed by atoms with E-state index in [0.29, 0.717) is 0 Å². The topological polar surface area (TPSA) is 92.4 Å². The van der Waals surface area contributed by atoms with E-state index in [9.17, 15) is 0 Å². The van der Waals surface area contributed by atoms with Crippen LogP contribution < -0.4 is 0 Å². The van der Waals surface area contributed by atoms with E-state index in [-0.39, 0.29) is 0 Å². The third-order valence-electron chi connectivity index (χ3n) is 4.39. The predicted octanol–water partition coefficient (Wildman–Crippen LogP) is 5.47. The fourth-order valence-electron chi connectivity index (χ4n) is 2.79. The molecule has 0 bridgehead atoms. The number of carboxylic acid groups (broad SMARTS) is 2. The molecule has 1 atom stereocenters. The van der Waals surface area contributed by atoms with Crippen LogP contribution in [0.3, 0.4) is 0 Å². The van der Waals surface area contributed by atoms with Crippen LogP contribution in [0.2, 0.25) is 0 Å². The summed E-state index contributed by atoms with van der Waals surface area (Å²) in [6.07, 6.45) is 21.2. The lowest BCUT2D eigenvalue weighted by Crippen LogP contribution is -2.13. The number of rotatable bonds is 15. The zero-order valence-electron chi connectivity index (χ0n) is 17.5. The minimum Gasteiger partial charge on any atom is -0.473 e. The van der Waals surface area contributed by atoms with Crippen molar-refractivity contribution in [3.8, 4) is 0 Å². The highest BCUT2D eigenvalue weighted by Gasteiger charge is 2.10. The van der Waals surface area contributed by atoms with Crippen LogP contribution in [0.15, 0.2) is 18.7 Å². The highest BCUT2D eigenvalue weighted by atomic mass is 32.2. The Labute approximate surface area is 174 Å². The summed E-state index contributed by atoms with van der Waals surface area (Å²) in [6.45, 7) is 5.71. The number of carbonyl (C=O) groups is 2. The maximum Gasteiger partial charge on any atom is 0.414 e. The van der Waals surface area contributed by atoms with Gasteiger partial charge >= 0.3 is 11.9 Å². The molecule has 7 heteroatoms. The number of nitrogens with zero attached hydrogens (tertiary/aromatic N) is 2. The second-order valence-electron chi connectivity index (χ2n) is 6.98. The van der Waals surface area contributed by atoms with Gasteiger partial charge in [-0.05, 0) is 18.6 Å². The van der Waals surface area contributed by atoms with Gasteiger partial charge < -0.3 is 14.8 Å². The highest BCUT2D eigenvalue weighted by molar-refractivity contribution is 7.99. The minimum absolute atomic E-state index is 0.765. The number of aromatic nitrogens is 2. The summed E-state index contributed by atoms with van der Waals surface area (Å²) < 4.78 is 2.25. The first-order valence-corrected chi connectivity index (χ1v) is 11.6. The first kappa shape index (κ1) is 26.5. The van der Waals surface area contributed by atoms with Gasteiger partial charge in [0.1, 0.15) is 0 Å². The van der Waals surface area contributed by atoms with Crippen LogP contribution >= 0.6 is 11.8 Å². The molecule has 0 fully saturated rings. The standard InChI is InChI=1S/C19H36N2S.C2H2O4/c1-3-5-7-9-10-12-16-22-19(13-11-8-6-4-2)17-21-15-14-20-18-21;3-1(4)2(5)6/h14-15,18-19H,3-13,16-17H2,1-2H3;(H,3,4)(H,5,6). The number of thioether (sulfide) groups is 1. The van der Waals surface area contributed by atoms with Crippen molar-refractivity contribution < 1.29 is 19.8 Å². The lowest BCUT2D eigenvalue weighted by molar-refractivity contribution is -0.159. The van der Waals surface area contributed by atoms with Gasteiger partial charge in [-0.2, -0.15) is 11.8 Å². The van der Waals surface area contributed by atoms with Crippen LogP contribution in [0.1, 0.15) is 84.5 Å². The maximum atomic E-state index is 9.10. The van der Waals surface area contributed by atoms with Gasteiger partial charge in [0, 0.05) is 24.2 Å². The van der Waals surface area contributed by atoms with Crippen molar-refractivity contribution in [1.29, 1.82) is 0 Å². The predicted molar refractivity (Wildman–Crippen MR) is 116 cm³/mol. The molecule has 0 aliphatic carbocycles. The molecule has 0 radical (unpaired) electrons. The molecular weight excluding hydrogens is 376 g/mol. The molecule has 0 aliphatic heterocycles. The largest absolute Gasteiger partial charge is 0.473 e. The average Bonchev–Trinajstić information content (AvgIpc) is 3.17. The van der Waals surface area contributed by atoms with E-state index in [4.69, 9.17) is 19.8 Å². The number of hydrogen-bond donors (Lipinski definition) is 2.